The molecule has 0 bridgehead atoms. The standard InChI is InChI=1S/C28H36N8O2S2.H2O4S/c1-33(25-9-5-23(6-10-25)29-31-27-35(3)15-21-39-27)13-17-37-19-20-38-18-14-34(2)26-11-7-24(8-12-26)30-32-28-36(4)16-22-40-28;1-5(2,3)4/h5-12,15-16,21-22H,13-14,17-20H2,1-4H3;(H2,1,2,3,4)/q+2;/p-2. The Morgan fingerprint density at radius 2 is 1.02 bits per heavy atom. The van der Waals surface area contributed by atoms with Crippen LogP contribution in [-0.2, 0) is 34.0 Å². The van der Waals surface area contributed by atoms with E-state index in [1.807, 2.05) is 94.9 Å². The van der Waals surface area contributed by atoms with E-state index in [2.05, 4.69) is 44.4 Å². The highest BCUT2D eigenvalue weighted by molar-refractivity contribution is 7.79. The number of anilines is 2. The molecular weight excluding hydrogens is 641 g/mol. The van der Waals surface area contributed by atoms with Crippen LogP contribution in [0.2, 0.25) is 0 Å². The fraction of sp³-hybridized carbons (Fsp3) is 0.357. The van der Waals surface area contributed by atoms with Crippen LogP contribution in [-0.4, -0.2) is 71.1 Å². The van der Waals surface area contributed by atoms with Gasteiger partial charge in [0, 0.05) is 59.7 Å². The van der Waals surface area contributed by atoms with Crippen molar-refractivity contribution in [2.45, 2.75) is 0 Å². The number of aryl methyl sites for hydroxylation is 2. The molecule has 0 amide bonds. The zero-order valence-electron chi connectivity index (χ0n) is 25.4. The first-order chi connectivity index (χ1) is 21.5. The van der Waals surface area contributed by atoms with Crippen LogP contribution >= 0.6 is 22.7 Å². The maximum atomic E-state index is 8.52. The molecule has 0 aliphatic carbocycles. The van der Waals surface area contributed by atoms with Gasteiger partial charge in [-0.1, -0.05) is 0 Å². The number of thiazole rings is 2. The second-order valence-electron chi connectivity index (χ2n) is 9.50. The van der Waals surface area contributed by atoms with Gasteiger partial charge in [-0.2, -0.15) is 0 Å². The normalized spacial score (nSPS) is 11.6. The predicted molar refractivity (Wildman–Crippen MR) is 171 cm³/mol. The van der Waals surface area contributed by atoms with Gasteiger partial charge < -0.3 is 28.4 Å². The van der Waals surface area contributed by atoms with Gasteiger partial charge in [-0.3, -0.25) is 8.42 Å². The lowest BCUT2D eigenvalue weighted by atomic mass is 10.2. The molecule has 2 aromatic heterocycles. The van der Waals surface area contributed by atoms with Crippen molar-refractivity contribution in [3.05, 3.63) is 71.7 Å². The van der Waals surface area contributed by atoms with Crippen molar-refractivity contribution < 1.29 is 36.1 Å². The summed E-state index contributed by atoms with van der Waals surface area (Å²) in [6.45, 7) is 3.97. The summed E-state index contributed by atoms with van der Waals surface area (Å²) in [5.41, 5.74) is 3.87. The largest absolute Gasteiger partial charge is 0.759 e. The van der Waals surface area contributed by atoms with E-state index in [9.17, 15) is 0 Å². The van der Waals surface area contributed by atoms with E-state index in [0.29, 0.717) is 26.4 Å². The minimum atomic E-state index is -5.17. The van der Waals surface area contributed by atoms with Crippen LogP contribution in [0.25, 0.3) is 0 Å². The number of hydrogen-bond acceptors (Lipinski definition) is 14. The van der Waals surface area contributed by atoms with Crippen LogP contribution in [0.15, 0.2) is 92.1 Å². The zero-order valence-corrected chi connectivity index (χ0v) is 27.9. The number of nitrogens with zero attached hydrogens (tertiary/aromatic N) is 8. The highest BCUT2D eigenvalue weighted by Gasteiger charge is 2.09. The third kappa shape index (κ3) is 13.9. The van der Waals surface area contributed by atoms with Crippen molar-refractivity contribution in [3.63, 3.8) is 0 Å². The maximum Gasteiger partial charge on any atom is 0.408 e. The number of azo groups is 2. The van der Waals surface area contributed by atoms with Gasteiger partial charge in [0.25, 0.3) is 0 Å². The number of rotatable bonds is 15. The first-order valence-electron chi connectivity index (χ1n) is 13.6. The minimum absolute atomic E-state index is 0.568. The Balaban J connectivity index is 0.00000102. The Hall–Kier alpha value is -3.71. The molecule has 0 fully saturated rings. The molecule has 0 radical (unpaired) electrons. The summed E-state index contributed by atoms with van der Waals surface area (Å²) in [6, 6.07) is 16.1. The molecule has 2 aromatic carbocycles. The van der Waals surface area contributed by atoms with E-state index in [0.717, 1.165) is 46.1 Å². The monoisotopic (exact) mass is 676 g/mol. The average Bonchev–Trinajstić information content (AvgIpc) is 3.62. The maximum absolute atomic E-state index is 8.52. The van der Waals surface area contributed by atoms with Crippen molar-refractivity contribution in [1.82, 2.24) is 0 Å². The fourth-order valence-corrected chi connectivity index (χ4v) is 4.94. The summed E-state index contributed by atoms with van der Waals surface area (Å²) < 4.78 is 49.5. The van der Waals surface area contributed by atoms with E-state index in [4.69, 9.17) is 27.0 Å². The first-order valence-corrected chi connectivity index (χ1v) is 16.7. The van der Waals surface area contributed by atoms with Crippen molar-refractivity contribution >= 4 is 66.1 Å². The molecule has 2 heterocycles. The van der Waals surface area contributed by atoms with Gasteiger partial charge in [0.05, 0.1) is 50.8 Å². The van der Waals surface area contributed by atoms with Gasteiger partial charge in [0.1, 0.15) is 23.8 Å². The molecule has 4 aromatic rings. The fourth-order valence-electron chi connectivity index (χ4n) is 3.58. The van der Waals surface area contributed by atoms with Crippen LogP contribution in [0.3, 0.4) is 0 Å². The second-order valence-corrected chi connectivity index (χ2v) is 12.1. The van der Waals surface area contributed by atoms with Crippen molar-refractivity contribution in [1.29, 1.82) is 0 Å². The summed E-state index contributed by atoms with van der Waals surface area (Å²) in [5, 5.41) is 22.9. The number of ether oxygens (including phenoxy) is 2. The topological polar surface area (TPSA) is 162 Å². The molecule has 17 heteroatoms. The van der Waals surface area contributed by atoms with E-state index in [-0.39, 0.29) is 0 Å². The molecular formula is C28H36N8O6S3. The third-order valence-electron chi connectivity index (χ3n) is 6.12. The molecule has 242 valence electrons. The quantitative estimate of drug-likeness (QED) is 0.0582. The van der Waals surface area contributed by atoms with Crippen LogP contribution in [0.5, 0.6) is 0 Å². The number of likely N-dealkylation sites (N-methyl/N-ethyl adjacent to an activating group) is 2. The summed E-state index contributed by atoms with van der Waals surface area (Å²) in [6.07, 6.45) is 3.93. The Morgan fingerprint density at radius 3 is 1.33 bits per heavy atom. The van der Waals surface area contributed by atoms with Crippen molar-refractivity contribution in [2.24, 2.45) is 34.6 Å². The Bertz CT molecular complexity index is 1500. The molecule has 45 heavy (non-hydrogen) atoms. The van der Waals surface area contributed by atoms with Gasteiger partial charge in [0.2, 0.25) is 0 Å². The van der Waals surface area contributed by atoms with Gasteiger partial charge in [-0.25, -0.2) is 9.13 Å². The molecule has 0 aliphatic rings. The number of aromatic nitrogens is 2. The SMILES string of the molecule is CN(CCOCCOCCN(C)c1ccc(N=Nc2scc[n+]2C)cc1)c1ccc(N=Nc2scc[n+]2C)cc1.O=S(=O)([O-])[O-]. The predicted octanol–water partition coefficient (Wildman–Crippen LogP) is 4.56. The summed E-state index contributed by atoms with van der Waals surface area (Å²) in [4.78, 5) is 4.32. The lowest BCUT2D eigenvalue weighted by Crippen LogP contribution is -2.24. The molecule has 14 nitrogen and oxygen atoms in total. The second kappa shape index (κ2) is 18.3. The van der Waals surface area contributed by atoms with Crippen LogP contribution in [0.1, 0.15) is 0 Å². The highest BCUT2D eigenvalue weighted by atomic mass is 32.3. The first kappa shape index (κ1) is 35.8. The number of benzene rings is 2. The minimum Gasteiger partial charge on any atom is -0.759 e. The average molecular weight is 677 g/mol. The summed E-state index contributed by atoms with van der Waals surface area (Å²) in [5.74, 6) is 0. The van der Waals surface area contributed by atoms with Gasteiger partial charge >= 0.3 is 10.3 Å². The molecule has 0 atom stereocenters. The van der Waals surface area contributed by atoms with Crippen LogP contribution in [0, 0.1) is 0 Å². The van der Waals surface area contributed by atoms with Crippen molar-refractivity contribution in [3.8, 4) is 0 Å². The van der Waals surface area contributed by atoms with Gasteiger partial charge in [-0.15, -0.1) is 0 Å². The van der Waals surface area contributed by atoms with Crippen LogP contribution < -0.4 is 18.9 Å². The Kier molecular flexibility index (Phi) is 14.5. The molecule has 0 aliphatic heterocycles. The molecule has 0 spiro atoms. The molecule has 4 rings (SSSR count). The molecule has 0 saturated carbocycles. The number of hydrogen-bond donors (Lipinski definition) is 0. The third-order valence-corrected chi connectivity index (χ3v) is 7.79. The van der Waals surface area contributed by atoms with Gasteiger partial charge in [-0.05, 0) is 81.4 Å². The smallest absolute Gasteiger partial charge is 0.408 e. The van der Waals surface area contributed by atoms with E-state index in [1.54, 1.807) is 22.7 Å². The Morgan fingerprint density at radius 1 is 0.667 bits per heavy atom. The molecule has 0 saturated heterocycles. The van der Waals surface area contributed by atoms with E-state index >= 15 is 0 Å². The lowest BCUT2D eigenvalue weighted by Gasteiger charge is -2.20. The Labute approximate surface area is 271 Å². The van der Waals surface area contributed by atoms with E-state index < -0.39 is 10.4 Å². The van der Waals surface area contributed by atoms with Gasteiger partial charge in [0.15, 0.2) is 0 Å². The summed E-state index contributed by atoms with van der Waals surface area (Å²) >= 11 is 3.12. The van der Waals surface area contributed by atoms with Crippen LogP contribution in [0.4, 0.5) is 33.0 Å². The highest BCUT2D eigenvalue weighted by Crippen LogP contribution is 2.23. The summed E-state index contributed by atoms with van der Waals surface area (Å²) in [7, 11) is 2.85. The lowest BCUT2D eigenvalue weighted by molar-refractivity contribution is -0.654. The molecule has 0 unspecified atom stereocenters. The van der Waals surface area contributed by atoms with E-state index in [1.165, 1.54) is 0 Å². The zero-order chi connectivity index (χ0) is 32.7. The molecule has 0 N–H and O–H groups in total. The van der Waals surface area contributed by atoms with Crippen molar-refractivity contribution in [2.75, 3.05) is 63.4 Å².